The third kappa shape index (κ3) is 3.59. The average Bonchev–Trinajstić information content (AvgIpc) is 3.27. The van der Waals surface area contributed by atoms with Gasteiger partial charge in [0.05, 0.1) is 17.3 Å². The van der Waals surface area contributed by atoms with E-state index in [2.05, 4.69) is 9.97 Å². The van der Waals surface area contributed by atoms with E-state index in [1.807, 2.05) is 18.2 Å². The molecule has 0 bridgehead atoms. The third-order valence-electron chi connectivity index (χ3n) is 4.09. The summed E-state index contributed by atoms with van der Waals surface area (Å²) < 4.78 is 38.1. The van der Waals surface area contributed by atoms with Crippen molar-refractivity contribution in [2.45, 2.75) is 19.1 Å². The Bertz CT molecular complexity index is 1020. The van der Waals surface area contributed by atoms with Crippen molar-refractivity contribution < 1.29 is 18.0 Å². The van der Waals surface area contributed by atoms with E-state index in [-0.39, 0.29) is 5.69 Å². The maximum Gasteiger partial charge on any atom is 0.443 e. The Morgan fingerprint density at radius 3 is 2.70 bits per heavy atom. The predicted molar refractivity (Wildman–Crippen MR) is 98.1 cm³/mol. The molecule has 0 saturated heterocycles. The van der Waals surface area contributed by atoms with Gasteiger partial charge in [0.1, 0.15) is 10.7 Å². The van der Waals surface area contributed by atoms with Crippen molar-refractivity contribution in [3.8, 4) is 10.6 Å². The average molecular weight is 430 g/mol. The summed E-state index contributed by atoms with van der Waals surface area (Å²) in [5.74, 6) is -0.500. The van der Waals surface area contributed by atoms with E-state index < -0.39 is 17.1 Å². The lowest BCUT2D eigenvalue weighted by atomic mass is 10.1. The smallest absolute Gasteiger partial charge is 0.332 e. The summed E-state index contributed by atoms with van der Waals surface area (Å²) in [6, 6.07) is 7.37. The van der Waals surface area contributed by atoms with E-state index in [4.69, 9.17) is 11.6 Å². The Morgan fingerprint density at radius 1 is 1.22 bits per heavy atom. The zero-order valence-electron chi connectivity index (χ0n) is 13.6. The number of nitrogens with zero attached hydrogens (tertiary/aromatic N) is 3. The van der Waals surface area contributed by atoms with Crippen LogP contribution >= 0.6 is 34.3 Å². The van der Waals surface area contributed by atoms with Crippen LogP contribution in [0.4, 0.5) is 13.2 Å². The van der Waals surface area contributed by atoms with Gasteiger partial charge in [-0.05, 0) is 6.07 Å². The Hall–Kier alpha value is -1.97. The summed E-state index contributed by atoms with van der Waals surface area (Å²) in [6.07, 6.45) is -4.00. The first-order valence-electron chi connectivity index (χ1n) is 7.88. The van der Waals surface area contributed by atoms with Gasteiger partial charge in [-0.15, -0.1) is 22.7 Å². The van der Waals surface area contributed by atoms with Crippen molar-refractivity contribution in [3.63, 3.8) is 0 Å². The fraction of sp³-hybridized carbons (Fsp3) is 0.235. The van der Waals surface area contributed by atoms with Gasteiger partial charge in [-0.3, -0.25) is 4.79 Å². The Kier molecular flexibility index (Phi) is 4.69. The van der Waals surface area contributed by atoms with Gasteiger partial charge in [0.15, 0.2) is 5.01 Å². The number of fused-ring (bicyclic) bond motifs is 1. The molecule has 10 heteroatoms. The standard InChI is InChI=1S/C17H11ClF3N3OS2/c18-10-4-2-1-3-9(10)14-22-11-5-6-24(7-13(11)27-14)15(25)12-8-26-16(23-12)17(19,20)21/h1-4,8H,5-7H2. The molecule has 0 aliphatic carbocycles. The monoisotopic (exact) mass is 429 g/mol. The first-order valence-corrected chi connectivity index (χ1v) is 9.96. The number of thiazole rings is 2. The fourth-order valence-corrected chi connectivity index (χ4v) is 4.89. The van der Waals surface area contributed by atoms with Crippen LogP contribution in [0.2, 0.25) is 5.02 Å². The van der Waals surface area contributed by atoms with Gasteiger partial charge in [0, 0.05) is 28.8 Å². The maximum atomic E-state index is 12.7. The lowest BCUT2D eigenvalue weighted by Crippen LogP contribution is -2.35. The van der Waals surface area contributed by atoms with Crippen molar-refractivity contribution in [2.24, 2.45) is 0 Å². The van der Waals surface area contributed by atoms with Gasteiger partial charge in [0.25, 0.3) is 5.91 Å². The van der Waals surface area contributed by atoms with Crippen LogP contribution in [0, 0.1) is 0 Å². The first-order chi connectivity index (χ1) is 12.8. The molecule has 4 nitrogen and oxygen atoms in total. The van der Waals surface area contributed by atoms with E-state index in [0.29, 0.717) is 35.9 Å². The van der Waals surface area contributed by atoms with Gasteiger partial charge >= 0.3 is 6.18 Å². The molecule has 1 aromatic carbocycles. The summed E-state index contributed by atoms with van der Waals surface area (Å²) in [6.45, 7) is 0.686. The molecule has 140 valence electrons. The minimum atomic E-state index is -4.54. The number of alkyl halides is 3. The SMILES string of the molecule is O=C(c1csc(C(F)(F)F)n1)N1CCc2nc(-c3ccccc3Cl)sc2C1. The number of carbonyl (C=O) groups excluding carboxylic acids is 1. The molecule has 1 aliphatic heterocycles. The lowest BCUT2D eigenvalue weighted by molar-refractivity contribution is -0.137. The molecular formula is C17H11ClF3N3OS2. The highest BCUT2D eigenvalue weighted by atomic mass is 35.5. The van der Waals surface area contributed by atoms with Gasteiger partial charge in [-0.2, -0.15) is 13.2 Å². The quantitative estimate of drug-likeness (QED) is 0.566. The van der Waals surface area contributed by atoms with Crippen molar-refractivity contribution >= 4 is 40.2 Å². The number of carbonyl (C=O) groups is 1. The van der Waals surface area contributed by atoms with E-state index in [9.17, 15) is 18.0 Å². The fourth-order valence-electron chi connectivity index (χ4n) is 2.78. The molecule has 4 rings (SSSR count). The molecule has 0 N–H and O–H groups in total. The molecule has 0 saturated carbocycles. The molecule has 1 aliphatic rings. The second kappa shape index (κ2) is 6.88. The van der Waals surface area contributed by atoms with Gasteiger partial charge in [-0.1, -0.05) is 29.8 Å². The topological polar surface area (TPSA) is 46.1 Å². The third-order valence-corrected chi connectivity index (χ3v) is 6.42. The van der Waals surface area contributed by atoms with Crippen LogP contribution in [0.15, 0.2) is 29.6 Å². The number of hydrogen-bond acceptors (Lipinski definition) is 5. The van der Waals surface area contributed by atoms with Crippen molar-refractivity contribution in [1.82, 2.24) is 14.9 Å². The molecule has 3 heterocycles. The van der Waals surface area contributed by atoms with E-state index in [0.717, 1.165) is 26.5 Å². The van der Waals surface area contributed by atoms with Crippen LogP contribution in [-0.4, -0.2) is 27.3 Å². The Morgan fingerprint density at radius 2 is 2.00 bits per heavy atom. The molecule has 27 heavy (non-hydrogen) atoms. The Labute approximate surface area is 165 Å². The highest BCUT2D eigenvalue weighted by molar-refractivity contribution is 7.15. The number of hydrogen-bond donors (Lipinski definition) is 0. The lowest BCUT2D eigenvalue weighted by Gasteiger charge is -2.25. The van der Waals surface area contributed by atoms with E-state index >= 15 is 0 Å². The van der Waals surface area contributed by atoms with Crippen LogP contribution in [0.25, 0.3) is 10.6 Å². The summed E-state index contributed by atoms with van der Waals surface area (Å²) in [5, 5.41) is 1.51. The van der Waals surface area contributed by atoms with Gasteiger partial charge in [-0.25, -0.2) is 9.97 Å². The highest BCUT2D eigenvalue weighted by Crippen LogP contribution is 2.36. The predicted octanol–water partition coefficient (Wildman–Crippen LogP) is 5.14. The molecule has 0 atom stereocenters. The van der Waals surface area contributed by atoms with Gasteiger partial charge < -0.3 is 4.90 Å². The first kappa shape index (κ1) is 18.4. The van der Waals surface area contributed by atoms with Crippen LogP contribution in [0.5, 0.6) is 0 Å². The second-order valence-corrected chi connectivity index (χ2v) is 8.23. The van der Waals surface area contributed by atoms with Crippen molar-refractivity contribution in [3.05, 3.63) is 55.9 Å². The molecule has 0 radical (unpaired) electrons. The zero-order chi connectivity index (χ0) is 19.2. The largest absolute Gasteiger partial charge is 0.443 e. The second-order valence-electron chi connectivity index (χ2n) is 5.88. The number of halogens is 4. The number of rotatable bonds is 2. The minimum absolute atomic E-state index is 0.174. The molecule has 0 fully saturated rings. The molecular weight excluding hydrogens is 419 g/mol. The maximum absolute atomic E-state index is 12.7. The molecule has 2 aromatic heterocycles. The van der Waals surface area contributed by atoms with E-state index in [1.54, 1.807) is 6.07 Å². The van der Waals surface area contributed by atoms with Crippen molar-refractivity contribution in [2.75, 3.05) is 6.54 Å². The number of benzene rings is 1. The normalized spacial score (nSPS) is 14.3. The molecule has 3 aromatic rings. The van der Waals surface area contributed by atoms with Crippen LogP contribution in [-0.2, 0) is 19.1 Å². The van der Waals surface area contributed by atoms with Crippen LogP contribution in [0.1, 0.15) is 26.1 Å². The molecule has 0 unspecified atom stereocenters. The summed E-state index contributed by atoms with van der Waals surface area (Å²) in [4.78, 5) is 23.0. The molecule has 0 spiro atoms. The van der Waals surface area contributed by atoms with Gasteiger partial charge in [0.2, 0.25) is 0 Å². The summed E-state index contributed by atoms with van der Waals surface area (Å²) in [5.41, 5.74) is 1.55. The van der Waals surface area contributed by atoms with Crippen molar-refractivity contribution in [1.29, 1.82) is 0 Å². The number of amides is 1. The van der Waals surface area contributed by atoms with E-state index in [1.165, 1.54) is 16.2 Å². The zero-order valence-corrected chi connectivity index (χ0v) is 16.0. The Balaban J connectivity index is 1.56. The number of aromatic nitrogens is 2. The highest BCUT2D eigenvalue weighted by Gasteiger charge is 2.36. The van der Waals surface area contributed by atoms with Crippen LogP contribution < -0.4 is 0 Å². The summed E-state index contributed by atoms with van der Waals surface area (Å²) in [7, 11) is 0. The summed E-state index contributed by atoms with van der Waals surface area (Å²) >= 11 is 8.09. The molecule has 1 amide bonds. The van der Waals surface area contributed by atoms with Crippen LogP contribution in [0.3, 0.4) is 0 Å². The minimum Gasteiger partial charge on any atom is -0.332 e.